The summed E-state index contributed by atoms with van der Waals surface area (Å²) in [4.78, 5) is 4.05. The number of hydrogen-bond donors (Lipinski definition) is 1. The van der Waals surface area contributed by atoms with Crippen molar-refractivity contribution >= 4 is 10.0 Å². The molecule has 1 atom stereocenters. The summed E-state index contributed by atoms with van der Waals surface area (Å²) in [6, 6.07) is 0.151. The zero-order valence-electron chi connectivity index (χ0n) is 8.84. The molecular weight excluding hydrogens is 214 g/mol. The van der Waals surface area contributed by atoms with E-state index in [0.29, 0.717) is 5.82 Å². The van der Waals surface area contributed by atoms with Gasteiger partial charge in [-0.25, -0.2) is 18.1 Å². The van der Waals surface area contributed by atoms with Gasteiger partial charge in [0.25, 0.3) is 0 Å². The first kappa shape index (κ1) is 10.6. The Balaban J connectivity index is 2.19. The molecule has 0 saturated heterocycles. The SMILES string of the molecule is CC(c1nccn1C)S(=O)(=O)NC1CC1. The predicted octanol–water partition coefficient (Wildman–Crippen LogP) is 0.563. The lowest BCUT2D eigenvalue weighted by molar-refractivity contribution is 0.564. The van der Waals surface area contributed by atoms with Gasteiger partial charge in [0.05, 0.1) is 0 Å². The summed E-state index contributed by atoms with van der Waals surface area (Å²) in [5, 5.41) is -0.599. The van der Waals surface area contributed by atoms with Crippen molar-refractivity contribution in [2.24, 2.45) is 7.05 Å². The Kier molecular flexibility index (Phi) is 2.56. The highest BCUT2D eigenvalue weighted by Gasteiger charge is 2.32. The van der Waals surface area contributed by atoms with Crippen LogP contribution in [0.2, 0.25) is 0 Å². The molecule has 1 aromatic rings. The summed E-state index contributed by atoms with van der Waals surface area (Å²) in [5.74, 6) is 0.572. The quantitative estimate of drug-likeness (QED) is 0.820. The molecule has 1 heterocycles. The second-order valence-electron chi connectivity index (χ2n) is 3.98. The van der Waals surface area contributed by atoms with E-state index in [9.17, 15) is 8.42 Å². The maximum Gasteiger partial charge on any atom is 0.221 e. The monoisotopic (exact) mass is 229 g/mol. The molecule has 15 heavy (non-hydrogen) atoms. The number of rotatable bonds is 4. The van der Waals surface area contributed by atoms with Gasteiger partial charge in [-0.1, -0.05) is 0 Å². The minimum absolute atomic E-state index is 0.151. The van der Waals surface area contributed by atoms with Crippen LogP contribution in [0.25, 0.3) is 0 Å². The van der Waals surface area contributed by atoms with Crippen LogP contribution in [0, 0.1) is 0 Å². The molecule has 5 nitrogen and oxygen atoms in total. The largest absolute Gasteiger partial charge is 0.337 e. The number of nitrogens with zero attached hydrogens (tertiary/aromatic N) is 2. The van der Waals surface area contributed by atoms with E-state index < -0.39 is 15.3 Å². The standard InChI is InChI=1S/C9H15N3O2S/c1-7(9-10-5-6-12(9)2)15(13,14)11-8-3-4-8/h5-8,11H,3-4H2,1-2H3. The summed E-state index contributed by atoms with van der Waals surface area (Å²) >= 11 is 0. The molecule has 84 valence electrons. The van der Waals surface area contributed by atoms with Crippen LogP contribution in [0.5, 0.6) is 0 Å². The van der Waals surface area contributed by atoms with Crippen LogP contribution in [-0.4, -0.2) is 24.0 Å². The number of nitrogens with one attached hydrogen (secondary N) is 1. The molecule has 1 N–H and O–H groups in total. The van der Waals surface area contributed by atoms with Gasteiger partial charge in [-0.15, -0.1) is 0 Å². The summed E-state index contributed by atoms with van der Waals surface area (Å²) in [7, 11) is -1.48. The zero-order chi connectivity index (χ0) is 11.1. The first-order chi connectivity index (χ1) is 7.00. The van der Waals surface area contributed by atoms with E-state index in [-0.39, 0.29) is 6.04 Å². The molecule has 1 aliphatic rings. The fourth-order valence-corrected chi connectivity index (χ4v) is 2.85. The van der Waals surface area contributed by atoms with Gasteiger partial charge in [-0.05, 0) is 19.8 Å². The lowest BCUT2D eigenvalue weighted by Gasteiger charge is -2.13. The van der Waals surface area contributed by atoms with E-state index in [4.69, 9.17) is 0 Å². The molecule has 0 bridgehead atoms. The van der Waals surface area contributed by atoms with Crippen molar-refractivity contribution in [2.45, 2.75) is 31.1 Å². The molecule has 1 aromatic heterocycles. The Hall–Kier alpha value is -0.880. The average Bonchev–Trinajstić information content (AvgIpc) is 2.84. The molecule has 0 radical (unpaired) electrons. The van der Waals surface area contributed by atoms with Crippen molar-refractivity contribution < 1.29 is 8.42 Å². The molecule has 0 amide bonds. The van der Waals surface area contributed by atoms with Crippen molar-refractivity contribution in [2.75, 3.05) is 0 Å². The van der Waals surface area contributed by atoms with Gasteiger partial charge < -0.3 is 4.57 Å². The van der Waals surface area contributed by atoms with Crippen molar-refractivity contribution in [1.29, 1.82) is 0 Å². The number of hydrogen-bond acceptors (Lipinski definition) is 3. The average molecular weight is 229 g/mol. The molecule has 1 fully saturated rings. The zero-order valence-corrected chi connectivity index (χ0v) is 9.66. The van der Waals surface area contributed by atoms with E-state index in [1.54, 1.807) is 30.9 Å². The second-order valence-corrected chi connectivity index (χ2v) is 6.01. The van der Waals surface area contributed by atoms with Crippen LogP contribution in [0.15, 0.2) is 12.4 Å². The van der Waals surface area contributed by atoms with Crippen LogP contribution in [0.4, 0.5) is 0 Å². The van der Waals surface area contributed by atoms with E-state index in [2.05, 4.69) is 9.71 Å². The normalized spacial score (nSPS) is 19.1. The molecule has 1 saturated carbocycles. The molecule has 0 spiro atoms. The van der Waals surface area contributed by atoms with Crippen LogP contribution >= 0.6 is 0 Å². The summed E-state index contributed by atoms with van der Waals surface area (Å²) in [5.41, 5.74) is 0. The highest BCUT2D eigenvalue weighted by atomic mass is 32.2. The third-order valence-corrected chi connectivity index (χ3v) is 4.40. The summed E-state index contributed by atoms with van der Waals surface area (Å²) < 4.78 is 28.1. The molecule has 0 aromatic carbocycles. The second kappa shape index (κ2) is 3.61. The Labute approximate surface area is 89.6 Å². The van der Waals surface area contributed by atoms with Gasteiger partial charge in [-0.3, -0.25) is 0 Å². The Morgan fingerprint density at radius 2 is 2.27 bits per heavy atom. The fraction of sp³-hybridized carbons (Fsp3) is 0.667. The smallest absolute Gasteiger partial charge is 0.221 e. The molecule has 1 aliphatic carbocycles. The Morgan fingerprint density at radius 3 is 2.73 bits per heavy atom. The number of imidazole rings is 1. The minimum atomic E-state index is -3.28. The Morgan fingerprint density at radius 1 is 1.60 bits per heavy atom. The van der Waals surface area contributed by atoms with Gasteiger partial charge >= 0.3 is 0 Å². The van der Waals surface area contributed by atoms with Crippen molar-refractivity contribution in [1.82, 2.24) is 14.3 Å². The van der Waals surface area contributed by atoms with Gasteiger partial charge in [0.2, 0.25) is 10.0 Å². The molecule has 0 aliphatic heterocycles. The first-order valence-corrected chi connectivity index (χ1v) is 6.53. The summed E-state index contributed by atoms with van der Waals surface area (Å²) in [6.07, 6.45) is 5.26. The highest BCUT2D eigenvalue weighted by Crippen LogP contribution is 2.25. The van der Waals surface area contributed by atoms with E-state index in [1.165, 1.54) is 0 Å². The lowest BCUT2D eigenvalue weighted by atomic mass is 10.4. The maximum atomic E-state index is 11.9. The van der Waals surface area contributed by atoms with Gasteiger partial charge in [0.1, 0.15) is 11.1 Å². The Bertz CT molecular complexity index is 448. The van der Waals surface area contributed by atoms with Gasteiger partial charge in [0, 0.05) is 25.5 Å². The summed E-state index contributed by atoms with van der Waals surface area (Å²) in [6.45, 7) is 1.66. The van der Waals surface area contributed by atoms with E-state index >= 15 is 0 Å². The van der Waals surface area contributed by atoms with Crippen molar-refractivity contribution in [3.8, 4) is 0 Å². The minimum Gasteiger partial charge on any atom is -0.337 e. The van der Waals surface area contributed by atoms with Crippen molar-refractivity contribution in [3.63, 3.8) is 0 Å². The third-order valence-electron chi connectivity index (χ3n) is 2.60. The van der Waals surface area contributed by atoms with Gasteiger partial charge in [0.15, 0.2) is 0 Å². The maximum absolute atomic E-state index is 11.9. The topological polar surface area (TPSA) is 64.0 Å². The number of sulfonamides is 1. The molecular formula is C9H15N3O2S. The number of aryl methyl sites for hydroxylation is 1. The van der Waals surface area contributed by atoms with Crippen LogP contribution in [0.3, 0.4) is 0 Å². The predicted molar refractivity (Wildman–Crippen MR) is 56.7 cm³/mol. The van der Waals surface area contributed by atoms with Gasteiger partial charge in [-0.2, -0.15) is 0 Å². The fourth-order valence-electron chi connectivity index (χ4n) is 1.44. The van der Waals surface area contributed by atoms with Crippen molar-refractivity contribution in [3.05, 3.63) is 18.2 Å². The molecule has 1 unspecified atom stereocenters. The van der Waals surface area contributed by atoms with Crippen LogP contribution in [0.1, 0.15) is 30.8 Å². The molecule has 6 heteroatoms. The molecule has 2 rings (SSSR count). The number of aromatic nitrogens is 2. The highest BCUT2D eigenvalue weighted by molar-refractivity contribution is 7.89. The lowest BCUT2D eigenvalue weighted by Crippen LogP contribution is -2.30. The third kappa shape index (κ3) is 2.21. The van der Waals surface area contributed by atoms with Crippen LogP contribution < -0.4 is 4.72 Å². The van der Waals surface area contributed by atoms with E-state index in [0.717, 1.165) is 12.8 Å². The first-order valence-electron chi connectivity index (χ1n) is 4.99. The van der Waals surface area contributed by atoms with Crippen LogP contribution in [-0.2, 0) is 17.1 Å². The van der Waals surface area contributed by atoms with E-state index in [1.807, 2.05) is 0 Å².